The Labute approximate surface area is 140 Å². The second kappa shape index (κ2) is 7.59. The number of nitrogens with zero attached hydrogens (tertiary/aromatic N) is 3. The Balaban J connectivity index is 1.38. The van der Waals surface area contributed by atoms with Crippen molar-refractivity contribution in [3.63, 3.8) is 0 Å². The fourth-order valence-corrected chi connectivity index (χ4v) is 2.45. The molecule has 0 fully saturated rings. The maximum atomic E-state index is 11.8. The van der Waals surface area contributed by atoms with Crippen molar-refractivity contribution in [1.29, 1.82) is 0 Å². The lowest BCUT2D eigenvalue weighted by atomic mass is 10.2. The second-order valence-corrected chi connectivity index (χ2v) is 5.70. The van der Waals surface area contributed by atoms with E-state index in [0.717, 1.165) is 22.3 Å². The van der Waals surface area contributed by atoms with Crippen LogP contribution < -0.4 is 10.6 Å². The number of carbonyl (C=O) groups is 1. The fraction of sp³-hybridized carbons (Fsp3) is 0.278. The van der Waals surface area contributed by atoms with Crippen molar-refractivity contribution >= 4 is 22.6 Å². The van der Waals surface area contributed by atoms with Crippen LogP contribution in [0.2, 0.25) is 0 Å². The van der Waals surface area contributed by atoms with E-state index in [1.165, 1.54) is 0 Å². The third-order valence-electron chi connectivity index (χ3n) is 3.68. The maximum Gasteiger partial charge on any atom is 0.221 e. The van der Waals surface area contributed by atoms with Gasteiger partial charge in [0.2, 0.25) is 5.91 Å². The molecule has 0 atom stereocenters. The summed E-state index contributed by atoms with van der Waals surface area (Å²) in [6.07, 6.45) is 4.15. The number of amides is 1. The molecule has 0 spiro atoms. The van der Waals surface area contributed by atoms with Crippen molar-refractivity contribution < 1.29 is 4.79 Å². The van der Waals surface area contributed by atoms with Crippen LogP contribution >= 0.6 is 0 Å². The monoisotopic (exact) mass is 323 g/mol. The summed E-state index contributed by atoms with van der Waals surface area (Å²) in [6, 6.07) is 12.0. The van der Waals surface area contributed by atoms with E-state index in [2.05, 4.69) is 20.7 Å². The number of para-hydroxylation sites is 1. The Morgan fingerprint density at radius 2 is 2.04 bits per heavy atom. The summed E-state index contributed by atoms with van der Waals surface area (Å²) in [5, 5.41) is 11.4. The lowest BCUT2D eigenvalue weighted by Gasteiger charge is -2.08. The van der Waals surface area contributed by atoms with Crippen molar-refractivity contribution in [3.05, 3.63) is 54.4 Å². The van der Waals surface area contributed by atoms with E-state index in [-0.39, 0.29) is 5.91 Å². The number of aromatic nitrogens is 3. The fourth-order valence-electron chi connectivity index (χ4n) is 2.45. The molecule has 0 aliphatic carbocycles. The van der Waals surface area contributed by atoms with E-state index < -0.39 is 0 Å². The minimum Gasteiger partial charge on any atom is -0.368 e. The smallest absolute Gasteiger partial charge is 0.221 e. The first-order valence-corrected chi connectivity index (χ1v) is 8.06. The molecule has 0 aliphatic heterocycles. The van der Waals surface area contributed by atoms with Crippen LogP contribution in [0, 0.1) is 6.92 Å². The van der Waals surface area contributed by atoms with Gasteiger partial charge < -0.3 is 10.6 Å². The summed E-state index contributed by atoms with van der Waals surface area (Å²) in [6.45, 7) is 3.78. The summed E-state index contributed by atoms with van der Waals surface area (Å²) in [4.78, 5) is 16.3. The van der Waals surface area contributed by atoms with Gasteiger partial charge in [0.1, 0.15) is 5.82 Å². The molecule has 0 saturated carbocycles. The number of rotatable bonds is 7. The Hall–Kier alpha value is -2.89. The predicted octanol–water partition coefficient (Wildman–Crippen LogP) is 2.36. The van der Waals surface area contributed by atoms with Gasteiger partial charge in [0.05, 0.1) is 11.7 Å². The van der Waals surface area contributed by atoms with Gasteiger partial charge in [-0.15, -0.1) is 0 Å². The van der Waals surface area contributed by atoms with Gasteiger partial charge in [0.15, 0.2) is 0 Å². The van der Waals surface area contributed by atoms with Crippen LogP contribution in [0.3, 0.4) is 0 Å². The molecular weight excluding hydrogens is 302 g/mol. The van der Waals surface area contributed by atoms with Gasteiger partial charge in [-0.1, -0.05) is 18.2 Å². The second-order valence-electron chi connectivity index (χ2n) is 5.70. The zero-order chi connectivity index (χ0) is 16.8. The molecule has 2 heterocycles. The van der Waals surface area contributed by atoms with Gasteiger partial charge in [-0.3, -0.25) is 9.48 Å². The number of fused-ring (bicyclic) bond motifs is 1. The average Bonchev–Trinajstić information content (AvgIpc) is 3.02. The van der Waals surface area contributed by atoms with Crippen LogP contribution in [-0.2, 0) is 11.3 Å². The van der Waals surface area contributed by atoms with Gasteiger partial charge in [-0.2, -0.15) is 5.10 Å². The first kappa shape index (κ1) is 16.0. The molecule has 6 nitrogen and oxygen atoms in total. The highest BCUT2D eigenvalue weighted by molar-refractivity contribution is 5.80. The number of hydrogen-bond donors (Lipinski definition) is 2. The summed E-state index contributed by atoms with van der Waals surface area (Å²) in [7, 11) is 0. The third-order valence-corrected chi connectivity index (χ3v) is 3.68. The number of carbonyl (C=O) groups excluding carboxylic acids is 1. The largest absolute Gasteiger partial charge is 0.368 e. The normalized spacial score (nSPS) is 10.7. The Morgan fingerprint density at radius 1 is 1.17 bits per heavy atom. The molecule has 0 radical (unpaired) electrons. The number of aryl methyl sites for hydroxylation is 2. The molecular formula is C18H21N5O. The molecule has 124 valence electrons. The summed E-state index contributed by atoms with van der Waals surface area (Å²) in [5.41, 5.74) is 2.06. The molecule has 1 amide bonds. The van der Waals surface area contributed by atoms with Crippen molar-refractivity contribution in [2.75, 3.05) is 18.4 Å². The first-order chi connectivity index (χ1) is 11.7. The Morgan fingerprint density at radius 3 is 2.88 bits per heavy atom. The predicted molar refractivity (Wildman–Crippen MR) is 94.8 cm³/mol. The first-order valence-electron chi connectivity index (χ1n) is 8.06. The summed E-state index contributed by atoms with van der Waals surface area (Å²) in [5.74, 6) is 0.839. The highest BCUT2D eigenvalue weighted by Crippen LogP contribution is 2.14. The molecule has 3 aromatic rings. The lowest BCUT2D eigenvalue weighted by molar-refractivity contribution is -0.121. The minimum absolute atomic E-state index is 0.0245. The molecule has 0 saturated heterocycles. The topological polar surface area (TPSA) is 71.8 Å². The minimum atomic E-state index is 0.0245. The number of hydrogen-bond acceptors (Lipinski definition) is 4. The molecule has 1 aromatic carbocycles. The number of benzene rings is 1. The van der Waals surface area contributed by atoms with Gasteiger partial charge >= 0.3 is 0 Å². The van der Waals surface area contributed by atoms with Crippen molar-refractivity contribution in [3.8, 4) is 0 Å². The molecule has 0 aliphatic rings. The Kier molecular flexibility index (Phi) is 5.05. The molecule has 0 bridgehead atoms. The zero-order valence-electron chi connectivity index (χ0n) is 13.7. The van der Waals surface area contributed by atoms with Gasteiger partial charge in [-0.25, -0.2) is 4.98 Å². The Bertz CT molecular complexity index is 827. The quantitative estimate of drug-likeness (QED) is 0.655. The van der Waals surface area contributed by atoms with Gasteiger partial charge in [0, 0.05) is 37.6 Å². The molecule has 2 N–H and O–H groups in total. The van der Waals surface area contributed by atoms with E-state index in [9.17, 15) is 4.79 Å². The molecule has 0 unspecified atom stereocenters. The van der Waals surface area contributed by atoms with E-state index in [0.29, 0.717) is 26.1 Å². The molecule has 3 rings (SSSR count). The van der Waals surface area contributed by atoms with Crippen LogP contribution in [-0.4, -0.2) is 33.8 Å². The number of pyridine rings is 1. The van der Waals surface area contributed by atoms with Crippen LogP contribution in [0.25, 0.3) is 10.9 Å². The molecule has 6 heteroatoms. The maximum absolute atomic E-state index is 11.8. The lowest BCUT2D eigenvalue weighted by Crippen LogP contribution is -2.29. The highest BCUT2D eigenvalue weighted by Gasteiger charge is 2.02. The highest BCUT2D eigenvalue weighted by atomic mass is 16.1. The van der Waals surface area contributed by atoms with Gasteiger partial charge in [0.25, 0.3) is 0 Å². The summed E-state index contributed by atoms with van der Waals surface area (Å²) >= 11 is 0. The van der Waals surface area contributed by atoms with Crippen LogP contribution in [0.15, 0.2) is 48.8 Å². The number of nitrogens with one attached hydrogen (secondary N) is 2. The van der Waals surface area contributed by atoms with Crippen LogP contribution in [0.4, 0.5) is 5.82 Å². The van der Waals surface area contributed by atoms with Crippen molar-refractivity contribution in [1.82, 2.24) is 20.1 Å². The molecule has 24 heavy (non-hydrogen) atoms. The SMILES string of the molecule is Cc1cnn(CCC(=O)NCCNc2ccc3ccccc3n2)c1. The standard InChI is InChI=1S/C18H21N5O/c1-14-12-21-23(13-14)11-8-18(24)20-10-9-19-17-7-6-15-4-2-3-5-16(15)22-17/h2-7,12-13H,8-11H2,1H3,(H,19,22)(H,20,24). The number of anilines is 1. The van der Waals surface area contributed by atoms with E-state index in [1.54, 1.807) is 10.9 Å². The van der Waals surface area contributed by atoms with Crippen molar-refractivity contribution in [2.45, 2.75) is 19.9 Å². The van der Waals surface area contributed by atoms with E-state index >= 15 is 0 Å². The van der Waals surface area contributed by atoms with Crippen molar-refractivity contribution in [2.24, 2.45) is 0 Å². The zero-order valence-corrected chi connectivity index (χ0v) is 13.7. The third kappa shape index (κ3) is 4.32. The van der Waals surface area contributed by atoms with E-state index in [1.807, 2.05) is 49.5 Å². The van der Waals surface area contributed by atoms with Crippen LogP contribution in [0.5, 0.6) is 0 Å². The van der Waals surface area contributed by atoms with E-state index in [4.69, 9.17) is 0 Å². The summed E-state index contributed by atoms with van der Waals surface area (Å²) < 4.78 is 1.78. The van der Waals surface area contributed by atoms with Gasteiger partial charge in [-0.05, 0) is 30.7 Å². The molecule has 2 aromatic heterocycles. The van der Waals surface area contributed by atoms with Crippen LogP contribution in [0.1, 0.15) is 12.0 Å². The average molecular weight is 323 g/mol.